The molecule has 1 aliphatic rings. The Hall–Kier alpha value is -3.43. The number of H-pyrrole nitrogens is 1. The zero-order chi connectivity index (χ0) is 19.0. The van der Waals surface area contributed by atoms with Crippen molar-refractivity contribution in [3.05, 3.63) is 76.1 Å². The summed E-state index contributed by atoms with van der Waals surface area (Å²) in [5, 5.41) is 17.5. The number of allylic oxidation sites excluding steroid dienone is 1. The molecule has 0 saturated carbocycles. The number of ether oxygens (including phenoxy) is 2. The molecule has 0 radical (unpaired) electrons. The number of methoxy groups -OCH3 is 1. The Morgan fingerprint density at radius 2 is 2.07 bits per heavy atom. The standard InChI is InChI=1S/C20H15ClN4O2/c1-26-12-6-4-5-11(9-12)18-17-16(13-7-2-3-8-15(13)21)14(10-22)19(23)27-20(17)25-24-18/h2-9,16H,23H2,1H3,(H,24,25)/t16-/m0/s1. The molecular weight excluding hydrogens is 364 g/mol. The van der Waals surface area contributed by atoms with Crippen molar-refractivity contribution in [1.29, 1.82) is 5.26 Å². The second kappa shape index (κ2) is 6.71. The van der Waals surface area contributed by atoms with Gasteiger partial charge in [-0.2, -0.15) is 5.26 Å². The summed E-state index contributed by atoms with van der Waals surface area (Å²) in [7, 11) is 1.61. The molecule has 1 atom stereocenters. The Morgan fingerprint density at radius 3 is 2.81 bits per heavy atom. The maximum Gasteiger partial charge on any atom is 0.244 e. The molecule has 7 heteroatoms. The molecule has 1 aromatic heterocycles. The van der Waals surface area contributed by atoms with Gasteiger partial charge in [-0.05, 0) is 23.8 Å². The Labute approximate surface area is 160 Å². The van der Waals surface area contributed by atoms with Gasteiger partial charge in [0.2, 0.25) is 11.8 Å². The summed E-state index contributed by atoms with van der Waals surface area (Å²) in [4.78, 5) is 0. The molecule has 0 spiro atoms. The molecule has 0 saturated heterocycles. The van der Waals surface area contributed by atoms with E-state index >= 15 is 0 Å². The van der Waals surface area contributed by atoms with Crippen LogP contribution in [0.25, 0.3) is 11.3 Å². The third-order valence-corrected chi connectivity index (χ3v) is 4.86. The molecule has 1 aliphatic heterocycles. The first-order valence-corrected chi connectivity index (χ1v) is 8.56. The first kappa shape index (κ1) is 17.0. The van der Waals surface area contributed by atoms with Crippen LogP contribution in [0.1, 0.15) is 17.0 Å². The van der Waals surface area contributed by atoms with Crippen LogP contribution >= 0.6 is 11.6 Å². The van der Waals surface area contributed by atoms with Crippen LogP contribution in [0.5, 0.6) is 11.6 Å². The number of rotatable bonds is 3. The van der Waals surface area contributed by atoms with Crippen LogP contribution in [-0.2, 0) is 0 Å². The maximum atomic E-state index is 9.73. The topological polar surface area (TPSA) is 97.0 Å². The van der Waals surface area contributed by atoms with Crippen molar-refractivity contribution in [2.24, 2.45) is 5.73 Å². The molecule has 4 rings (SSSR count). The molecule has 0 bridgehead atoms. The monoisotopic (exact) mass is 378 g/mol. The Bertz CT molecular complexity index is 1100. The third kappa shape index (κ3) is 2.78. The zero-order valence-corrected chi connectivity index (χ0v) is 15.1. The highest BCUT2D eigenvalue weighted by Gasteiger charge is 2.36. The van der Waals surface area contributed by atoms with Crippen molar-refractivity contribution in [3.63, 3.8) is 0 Å². The zero-order valence-electron chi connectivity index (χ0n) is 14.4. The summed E-state index contributed by atoms with van der Waals surface area (Å²) in [6, 6.07) is 17.1. The van der Waals surface area contributed by atoms with E-state index in [0.29, 0.717) is 33.5 Å². The van der Waals surface area contributed by atoms with E-state index in [0.717, 1.165) is 11.1 Å². The number of nitriles is 1. The summed E-state index contributed by atoms with van der Waals surface area (Å²) in [6.07, 6.45) is 0. The van der Waals surface area contributed by atoms with Crippen molar-refractivity contribution in [1.82, 2.24) is 10.2 Å². The molecule has 6 nitrogen and oxygen atoms in total. The van der Waals surface area contributed by atoms with Gasteiger partial charge in [0.05, 0.1) is 24.3 Å². The van der Waals surface area contributed by atoms with Gasteiger partial charge in [-0.1, -0.05) is 41.9 Å². The summed E-state index contributed by atoms with van der Waals surface area (Å²) < 4.78 is 10.9. The number of halogens is 1. The lowest BCUT2D eigenvalue weighted by molar-refractivity contribution is 0.379. The Morgan fingerprint density at radius 1 is 1.26 bits per heavy atom. The van der Waals surface area contributed by atoms with Crippen molar-refractivity contribution < 1.29 is 9.47 Å². The number of hydrogen-bond donors (Lipinski definition) is 2. The van der Waals surface area contributed by atoms with Crippen molar-refractivity contribution in [2.45, 2.75) is 5.92 Å². The number of nitrogens with two attached hydrogens (primary N) is 1. The minimum atomic E-state index is -0.493. The Kier molecular flexibility index (Phi) is 4.22. The fourth-order valence-electron chi connectivity index (χ4n) is 3.26. The van der Waals surface area contributed by atoms with Crippen LogP contribution in [0, 0.1) is 11.3 Å². The van der Waals surface area contributed by atoms with Crippen LogP contribution in [0.4, 0.5) is 0 Å². The molecule has 2 heterocycles. The van der Waals surface area contributed by atoms with Crippen molar-refractivity contribution in [3.8, 4) is 29.0 Å². The third-order valence-electron chi connectivity index (χ3n) is 4.51. The molecule has 134 valence electrons. The van der Waals surface area contributed by atoms with Crippen molar-refractivity contribution in [2.75, 3.05) is 7.11 Å². The van der Waals surface area contributed by atoms with Gasteiger partial charge in [0, 0.05) is 10.6 Å². The smallest absolute Gasteiger partial charge is 0.244 e. The highest BCUT2D eigenvalue weighted by Crippen LogP contribution is 2.47. The molecule has 0 amide bonds. The van der Waals surface area contributed by atoms with Crippen LogP contribution in [-0.4, -0.2) is 17.3 Å². The first-order valence-electron chi connectivity index (χ1n) is 8.18. The van der Waals surface area contributed by atoms with Gasteiger partial charge in [-0.25, -0.2) is 0 Å². The highest BCUT2D eigenvalue weighted by molar-refractivity contribution is 6.31. The van der Waals surface area contributed by atoms with E-state index in [9.17, 15) is 5.26 Å². The Balaban J connectivity index is 1.97. The number of benzene rings is 2. The van der Waals surface area contributed by atoms with Crippen LogP contribution in [0.3, 0.4) is 0 Å². The van der Waals surface area contributed by atoms with E-state index in [4.69, 9.17) is 26.8 Å². The fraction of sp³-hybridized carbons (Fsp3) is 0.100. The van der Waals surface area contributed by atoms with Crippen LogP contribution in [0.2, 0.25) is 5.02 Å². The van der Waals surface area contributed by atoms with E-state index in [-0.39, 0.29) is 5.88 Å². The molecule has 3 N–H and O–H groups in total. The lowest BCUT2D eigenvalue weighted by Gasteiger charge is -2.24. The van der Waals surface area contributed by atoms with Gasteiger partial charge < -0.3 is 15.2 Å². The normalized spacial score (nSPS) is 15.7. The minimum Gasteiger partial charge on any atom is -0.497 e. The van der Waals surface area contributed by atoms with Gasteiger partial charge in [-0.15, -0.1) is 5.10 Å². The summed E-state index contributed by atoms with van der Waals surface area (Å²) in [5.74, 6) is 0.567. The van der Waals surface area contributed by atoms with E-state index in [1.807, 2.05) is 42.5 Å². The summed E-state index contributed by atoms with van der Waals surface area (Å²) in [5.41, 5.74) is 9.32. The lowest BCUT2D eigenvalue weighted by Crippen LogP contribution is -2.21. The number of aromatic nitrogens is 2. The van der Waals surface area contributed by atoms with E-state index in [1.165, 1.54) is 0 Å². The van der Waals surface area contributed by atoms with E-state index in [2.05, 4.69) is 16.3 Å². The highest BCUT2D eigenvalue weighted by atomic mass is 35.5. The second-order valence-corrected chi connectivity index (χ2v) is 6.40. The van der Waals surface area contributed by atoms with Gasteiger partial charge >= 0.3 is 0 Å². The van der Waals surface area contributed by atoms with Gasteiger partial charge in [0.25, 0.3) is 0 Å². The molecule has 2 aromatic carbocycles. The molecule has 0 fully saturated rings. The number of nitrogens with one attached hydrogen (secondary N) is 1. The van der Waals surface area contributed by atoms with E-state index < -0.39 is 5.92 Å². The van der Waals surface area contributed by atoms with E-state index in [1.54, 1.807) is 13.2 Å². The predicted molar refractivity (Wildman–Crippen MR) is 101 cm³/mol. The van der Waals surface area contributed by atoms with Crippen molar-refractivity contribution >= 4 is 11.6 Å². The number of nitrogens with zero attached hydrogens (tertiary/aromatic N) is 2. The first-order chi connectivity index (χ1) is 13.1. The fourth-order valence-corrected chi connectivity index (χ4v) is 3.51. The molecular formula is C20H15ClN4O2. The number of aromatic amines is 1. The van der Waals surface area contributed by atoms with Gasteiger partial charge in [0.1, 0.15) is 17.4 Å². The number of hydrogen-bond acceptors (Lipinski definition) is 5. The summed E-state index contributed by atoms with van der Waals surface area (Å²) >= 11 is 6.44. The largest absolute Gasteiger partial charge is 0.497 e. The summed E-state index contributed by atoms with van der Waals surface area (Å²) in [6.45, 7) is 0. The molecule has 3 aromatic rings. The quantitative estimate of drug-likeness (QED) is 0.719. The second-order valence-electron chi connectivity index (χ2n) is 6.00. The van der Waals surface area contributed by atoms with Gasteiger partial charge in [0.15, 0.2) is 0 Å². The lowest BCUT2D eigenvalue weighted by atomic mass is 9.83. The number of fused-ring (bicyclic) bond motifs is 1. The molecule has 27 heavy (non-hydrogen) atoms. The minimum absolute atomic E-state index is 0.0265. The molecule has 0 aliphatic carbocycles. The predicted octanol–water partition coefficient (Wildman–Crippen LogP) is 3.96. The van der Waals surface area contributed by atoms with Crippen LogP contribution < -0.4 is 15.2 Å². The SMILES string of the molecule is COc1cccc(-c2[nH]nc3c2[C@@H](c2ccccc2Cl)C(C#N)=C(N)O3)c1. The van der Waals surface area contributed by atoms with Crippen LogP contribution in [0.15, 0.2) is 60.0 Å². The average molecular weight is 379 g/mol. The van der Waals surface area contributed by atoms with Gasteiger partial charge in [-0.3, -0.25) is 5.10 Å². The molecule has 0 unspecified atom stereocenters. The maximum absolute atomic E-state index is 9.73. The average Bonchev–Trinajstić information content (AvgIpc) is 3.11.